The van der Waals surface area contributed by atoms with Crippen molar-refractivity contribution in [3.8, 4) is 0 Å². The van der Waals surface area contributed by atoms with Crippen molar-refractivity contribution in [3.63, 3.8) is 0 Å². The summed E-state index contributed by atoms with van der Waals surface area (Å²) >= 11 is 0. The molecule has 0 bridgehead atoms. The van der Waals surface area contributed by atoms with Gasteiger partial charge in [0.1, 0.15) is 11.6 Å². The number of carbonyl (C=O) groups is 2. The fraction of sp³-hybridized carbons (Fsp3) is 0.625. The minimum atomic E-state index is -0.936. The lowest BCUT2D eigenvalue weighted by Gasteiger charge is -2.19. The average molecular weight is 318 g/mol. The predicted molar refractivity (Wildman–Crippen MR) is 84.3 cm³/mol. The van der Waals surface area contributed by atoms with E-state index in [4.69, 9.17) is 5.11 Å². The maximum absolute atomic E-state index is 12.2. The van der Waals surface area contributed by atoms with E-state index in [0.29, 0.717) is 32.0 Å². The summed E-state index contributed by atoms with van der Waals surface area (Å²) < 4.78 is 0. The van der Waals surface area contributed by atoms with E-state index in [1.54, 1.807) is 4.90 Å². The molecule has 2 N–H and O–H groups in total. The van der Waals surface area contributed by atoms with Gasteiger partial charge in [-0.15, -0.1) is 0 Å². The summed E-state index contributed by atoms with van der Waals surface area (Å²) in [4.78, 5) is 33.6. The Kier molecular flexibility index (Phi) is 4.45. The molecule has 0 aromatic carbocycles. The summed E-state index contributed by atoms with van der Waals surface area (Å²) in [6, 6.07) is 0.518. The van der Waals surface area contributed by atoms with Crippen LogP contribution in [0.15, 0.2) is 0 Å². The van der Waals surface area contributed by atoms with Gasteiger partial charge in [-0.25, -0.2) is 9.97 Å². The third-order valence-corrected chi connectivity index (χ3v) is 4.28. The number of fused-ring (bicyclic) bond motifs is 1. The third-order valence-electron chi connectivity index (χ3n) is 4.28. The van der Waals surface area contributed by atoms with Crippen molar-refractivity contribution >= 4 is 17.7 Å². The Balaban J connectivity index is 1.71. The van der Waals surface area contributed by atoms with Crippen LogP contribution in [0.2, 0.25) is 0 Å². The van der Waals surface area contributed by atoms with Gasteiger partial charge in [0, 0.05) is 37.5 Å². The lowest BCUT2D eigenvalue weighted by Crippen LogP contribution is -2.33. The van der Waals surface area contributed by atoms with E-state index in [0.717, 1.165) is 22.9 Å². The first-order valence-corrected chi connectivity index (χ1v) is 8.15. The van der Waals surface area contributed by atoms with E-state index in [9.17, 15) is 9.59 Å². The Morgan fingerprint density at radius 3 is 2.65 bits per heavy atom. The van der Waals surface area contributed by atoms with Crippen LogP contribution in [0, 0.1) is 6.92 Å². The van der Waals surface area contributed by atoms with Gasteiger partial charge in [-0.3, -0.25) is 9.59 Å². The Hall–Kier alpha value is -2.18. The molecule has 3 rings (SSSR count). The van der Waals surface area contributed by atoms with Crippen LogP contribution >= 0.6 is 0 Å². The summed E-state index contributed by atoms with van der Waals surface area (Å²) in [7, 11) is 0. The molecule has 23 heavy (non-hydrogen) atoms. The van der Waals surface area contributed by atoms with Crippen LogP contribution in [0.5, 0.6) is 0 Å². The van der Waals surface area contributed by atoms with E-state index in [1.165, 1.54) is 12.8 Å². The van der Waals surface area contributed by atoms with E-state index in [2.05, 4.69) is 15.3 Å². The van der Waals surface area contributed by atoms with Crippen LogP contribution in [-0.4, -0.2) is 51.0 Å². The monoisotopic (exact) mass is 318 g/mol. The lowest BCUT2D eigenvalue weighted by atomic mass is 10.1. The first-order chi connectivity index (χ1) is 11.0. The van der Waals surface area contributed by atoms with E-state index >= 15 is 0 Å². The molecule has 0 radical (unpaired) electrons. The van der Waals surface area contributed by atoms with Gasteiger partial charge in [0.15, 0.2) is 0 Å². The molecule has 1 aromatic rings. The minimum Gasteiger partial charge on any atom is -0.481 e. The Morgan fingerprint density at radius 1 is 1.22 bits per heavy atom. The van der Waals surface area contributed by atoms with E-state index in [-0.39, 0.29) is 18.7 Å². The number of aliphatic carboxylic acids is 1. The molecular formula is C16H22N4O3. The number of amides is 1. The fourth-order valence-corrected chi connectivity index (χ4v) is 2.88. The standard InChI is InChI=1S/C16H22N4O3/c1-10-17-13-7-9-20(14(21)4-5-15(22)23)8-6-12(13)16(18-10)19-11-2-3-11/h11H,2-9H2,1H3,(H,22,23)(H,17,18,19). The first-order valence-electron chi connectivity index (χ1n) is 8.15. The van der Waals surface area contributed by atoms with Crippen molar-refractivity contribution in [2.24, 2.45) is 0 Å². The molecule has 0 spiro atoms. The molecule has 1 aromatic heterocycles. The molecule has 124 valence electrons. The first kappa shape index (κ1) is 15.7. The van der Waals surface area contributed by atoms with Gasteiger partial charge in [-0.2, -0.15) is 0 Å². The van der Waals surface area contributed by atoms with Gasteiger partial charge < -0.3 is 15.3 Å². The highest BCUT2D eigenvalue weighted by molar-refractivity contribution is 5.80. The lowest BCUT2D eigenvalue weighted by molar-refractivity contribution is -0.140. The van der Waals surface area contributed by atoms with Crippen molar-refractivity contribution in [1.82, 2.24) is 14.9 Å². The van der Waals surface area contributed by atoms with Crippen molar-refractivity contribution in [1.29, 1.82) is 0 Å². The minimum absolute atomic E-state index is 0.0591. The van der Waals surface area contributed by atoms with Gasteiger partial charge in [-0.1, -0.05) is 0 Å². The van der Waals surface area contributed by atoms with Crippen LogP contribution in [-0.2, 0) is 22.4 Å². The van der Waals surface area contributed by atoms with Gasteiger partial charge >= 0.3 is 5.97 Å². The molecule has 7 nitrogen and oxygen atoms in total. The second-order valence-electron chi connectivity index (χ2n) is 6.24. The maximum atomic E-state index is 12.2. The SMILES string of the molecule is Cc1nc2c(c(NC3CC3)n1)CCN(C(=O)CCC(=O)O)CC2. The topological polar surface area (TPSA) is 95.4 Å². The van der Waals surface area contributed by atoms with Gasteiger partial charge in [0.25, 0.3) is 0 Å². The highest BCUT2D eigenvalue weighted by atomic mass is 16.4. The smallest absolute Gasteiger partial charge is 0.303 e. The van der Waals surface area contributed by atoms with Crippen molar-refractivity contribution in [2.75, 3.05) is 18.4 Å². The number of nitrogens with zero attached hydrogens (tertiary/aromatic N) is 3. The molecule has 1 aliphatic heterocycles. The Labute approximate surface area is 135 Å². The van der Waals surface area contributed by atoms with Gasteiger partial charge in [-0.05, 0) is 26.2 Å². The summed E-state index contributed by atoms with van der Waals surface area (Å²) in [6.07, 6.45) is 3.70. The zero-order valence-corrected chi connectivity index (χ0v) is 13.3. The van der Waals surface area contributed by atoms with E-state index in [1.807, 2.05) is 6.92 Å². The number of hydrogen-bond donors (Lipinski definition) is 2. The number of carboxylic acid groups (broad SMARTS) is 1. The number of nitrogens with one attached hydrogen (secondary N) is 1. The highest BCUT2D eigenvalue weighted by Gasteiger charge is 2.26. The number of aromatic nitrogens is 2. The van der Waals surface area contributed by atoms with Crippen LogP contribution in [0.25, 0.3) is 0 Å². The molecule has 1 fully saturated rings. The van der Waals surface area contributed by atoms with Crippen LogP contribution < -0.4 is 5.32 Å². The predicted octanol–water partition coefficient (Wildman–Crippen LogP) is 1.15. The second-order valence-corrected chi connectivity index (χ2v) is 6.24. The van der Waals surface area contributed by atoms with Crippen molar-refractivity contribution in [2.45, 2.75) is 51.5 Å². The summed E-state index contributed by atoms with van der Waals surface area (Å²) in [5, 5.41) is 12.2. The molecule has 0 saturated heterocycles. The number of aryl methyl sites for hydroxylation is 1. The van der Waals surface area contributed by atoms with Crippen molar-refractivity contribution in [3.05, 3.63) is 17.1 Å². The quantitative estimate of drug-likeness (QED) is 0.845. The summed E-state index contributed by atoms with van der Waals surface area (Å²) in [5.41, 5.74) is 2.12. The molecule has 0 unspecified atom stereocenters. The molecule has 1 aliphatic carbocycles. The van der Waals surface area contributed by atoms with Gasteiger partial charge in [0.2, 0.25) is 5.91 Å². The third kappa shape index (κ3) is 3.97. The molecule has 2 heterocycles. The zero-order chi connectivity index (χ0) is 16.4. The molecule has 1 amide bonds. The number of carbonyl (C=O) groups excluding carboxylic acids is 1. The Morgan fingerprint density at radius 2 is 1.96 bits per heavy atom. The van der Waals surface area contributed by atoms with Crippen LogP contribution in [0.3, 0.4) is 0 Å². The van der Waals surface area contributed by atoms with E-state index < -0.39 is 5.97 Å². The molecule has 2 aliphatic rings. The molecule has 0 atom stereocenters. The number of rotatable bonds is 5. The molecular weight excluding hydrogens is 296 g/mol. The number of hydrogen-bond acceptors (Lipinski definition) is 5. The number of carboxylic acids is 1. The maximum Gasteiger partial charge on any atom is 0.303 e. The average Bonchev–Trinajstić information content (AvgIpc) is 3.31. The summed E-state index contributed by atoms with van der Waals surface area (Å²) in [5.74, 6) is 0.628. The largest absolute Gasteiger partial charge is 0.481 e. The Bertz CT molecular complexity index is 628. The highest BCUT2D eigenvalue weighted by Crippen LogP contribution is 2.28. The molecule has 1 saturated carbocycles. The summed E-state index contributed by atoms with van der Waals surface area (Å²) in [6.45, 7) is 3.07. The molecule has 7 heteroatoms. The fourth-order valence-electron chi connectivity index (χ4n) is 2.88. The second kappa shape index (κ2) is 6.52. The van der Waals surface area contributed by atoms with Gasteiger partial charge in [0.05, 0.1) is 12.1 Å². The van der Waals surface area contributed by atoms with Crippen molar-refractivity contribution < 1.29 is 14.7 Å². The normalized spacial score (nSPS) is 17.3. The number of anilines is 1. The van der Waals surface area contributed by atoms with Crippen LogP contribution in [0.1, 0.15) is 42.8 Å². The zero-order valence-electron chi connectivity index (χ0n) is 13.3. The van der Waals surface area contributed by atoms with Crippen LogP contribution in [0.4, 0.5) is 5.82 Å².